The lowest BCUT2D eigenvalue weighted by Crippen LogP contribution is -2.39. The van der Waals surface area contributed by atoms with E-state index in [2.05, 4.69) is 47.9 Å². The smallest absolute Gasteiger partial charge is 0.238 e. The number of nitrogens with one attached hydrogen (secondary N) is 2. The minimum absolute atomic E-state index is 0. The van der Waals surface area contributed by atoms with Crippen LogP contribution in [0.4, 0.5) is 0 Å². The minimum atomic E-state index is -3.65. The molecule has 1 fully saturated rings. The average Bonchev–Trinajstić information content (AvgIpc) is 3.23. The number of halogens is 1. The number of rotatable bonds is 8. The Bertz CT molecular complexity index is 941. The van der Waals surface area contributed by atoms with Crippen LogP contribution in [-0.4, -0.2) is 34.0 Å². The van der Waals surface area contributed by atoms with E-state index < -0.39 is 10.0 Å². The molecule has 170 valence electrons. The van der Waals surface area contributed by atoms with Crippen LogP contribution < -0.4 is 15.8 Å². The molecule has 0 radical (unpaired) electrons. The maximum Gasteiger partial charge on any atom is 0.238 e. The van der Waals surface area contributed by atoms with Gasteiger partial charge in [0.05, 0.1) is 11.4 Å². The molecule has 2 aromatic carbocycles. The van der Waals surface area contributed by atoms with Crippen LogP contribution in [0.15, 0.2) is 64.5 Å². The van der Waals surface area contributed by atoms with Crippen molar-refractivity contribution in [3.8, 4) is 0 Å². The molecule has 31 heavy (non-hydrogen) atoms. The third kappa shape index (κ3) is 7.18. The van der Waals surface area contributed by atoms with Crippen LogP contribution >= 0.6 is 24.0 Å². The van der Waals surface area contributed by atoms with Crippen LogP contribution in [-0.2, 0) is 21.9 Å². The van der Waals surface area contributed by atoms with E-state index in [1.165, 1.54) is 31.2 Å². The third-order valence-electron chi connectivity index (χ3n) is 5.79. The van der Waals surface area contributed by atoms with Crippen molar-refractivity contribution in [3.05, 3.63) is 65.7 Å². The maximum atomic E-state index is 11.4. The van der Waals surface area contributed by atoms with Gasteiger partial charge >= 0.3 is 0 Å². The average molecular weight is 557 g/mol. The number of nitrogens with two attached hydrogens (primary N) is 1. The first-order valence-corrected chi connectivity index (χ1v) is 12.2. The van der Waals surface area contributed by atoms with Crippen LogP contribution in [0.5, 0.6) is 0 Å². The predicted molar refractivity (Wildman–Crippen MR) is 138 cm³/mol. The van der Waals surface area contributed by atoms with Gasteiger partial charge in [-0.1, -0.05) is 55.3 Å². The molecule has 0 atom stereocenters. The Labute approximate surface area is 203 Å². The molecule has 6 nitrogen and oxygen atoms in total. The number of aliphatic imine (C=N–C) groups is 1. The Morgan fingerprint density at radius 2 is 1.68 bits per heavy atom. The van der Waals surface area contributed by atoms with Crippen molar-refractivity contribution < 1.29 is 8.42 Å². The normalized spacial score (nSPS) is 15.9. The van der Waals surface area contributed by atoms with Gasteiger partial charge in [0.15, 0.2) is 5.96 Å². The summed E-state index contributed by atoms with van der Waals surface area (Å²) in [5.41, 5.74) is 2.56. The summed E-state index contributed by atoms with van der Waals surface area (Å²) in [4.78, 5) is 5.06. The zero-order chi connectivity index (χ0) is 21.5. The molecule has 1 aliphatic carbocycles. The Morgan fingerprint density at radius 3 is 2.26 bits per heavy atom. The topological polar surface area (TPSA) is 96.6 Å². The van der Waals surface area contributed by atoms with Gasteiger partial charge in [-0.3, -0.25) is 4.99 Å². The fourth-order valence-electron chi connectivity index (χ4n) is 4.12. The number of sulfonamides is 1. The number of nitrogens with zero attached hydrogens (tertiary/aromatic N) is 1. The second-order valence-electron chi connectivity index (χ2n) is 7.91. The molecule has 0 bridgehead atoms. The molecular formula is C23H33IN4O2S. The second kappa shape index (κ2) is 11.8. The lowest BCUT2D eigenvalue weighted by molar-refractivity contribution is 0.452. The van der Waals surface area contributed by atoms with Crippen LogP contribution in [0, 0.1) is 0 Å². The third-order valence-corrected chi connectivity index (χ3v) is 6.72. The molecule has 0 aliphatic heterocycles. The summed E-state index contributed by atoms with van der Waals surface area (Å²) >= 11 is 0. The van der Waals surface area contributed by atoms with E-state index in [9.17, 15) is 8.42 Å². The summed E-state index contributed by atoms with van der Waals surface area (Å²) in [6.45, 7) is 4.34. The quantitative estimate of drug-likeness (QED) is 0.263. The fraction of sp³-hybridized carbons (Fsp3) is 0.435. The summed E-state index contributed by atoms with van der Waals surface area (Å²) in [5.74, 6) is 0.820. The number of hydrogen-bond donors (Lipinski definition) is 3. The first-order chi connectivity index (χ1) is 14.4. The summed E-state index contributed by atoms with van der Waals surface area (Å²) in [6, 6.07) is 17.5. The van der Waals surface area contributed by atoms with E-state index >= 15 is 0 Å². The molecule has 0 amide bonds. The predicted octanol–water partition coefficient (Wildman–Crippen LogP) is 3.56. The highest BCUT2D eigenvalue weighted by Crippen LogP contribution is 2.41. The Morgan fingerprint density at radius 1 is 1.03 bits per heavy atom. The molecule has 4 N–H and O–H groups in total. The van der Waals surface area contributed by atoms with E-state index in [1.807, 2.05) is 0 Å². The molecule has 3 rings (SSSR count). The first-order valence-electron chi connectivity index (χ1n) is 10.6. The SMILES string of the molecule is CCNC(=NCC1(c2ccccc2)CCCC1)NCCc1ccc(S(N)(=O)=O)cc1.I. The summed E-state index contributed by atoms with van der Waals surface area (Å²) < 4.78 is 22.7. The number of primary sulfonamides is 1. The highest BCUT2D eigenvalue weighted by Gasteiger charge is 2.35. The van der Waals surface area contributed by atoms with Gasteiger partial charge in [0.1, 0.15) is 0 Å². The van der Waals surface area contributed by atoms with Crippen LogP contribution in [0.3, 0.4) is 0 Å². The summed E-state index contributed by atoms with van der Waals surface area (Å²) in [5, 5.41) is 11.9. The van der Waals surface area contributed by atoms with E-state index in [-0.39, 0.29) is 34.3 Å². The standard InChI is InChI=1S/C23H32N4O2S.HI/c1-2-25-22(26-17-14-19-10-12-21(13-11-19)30(24,28)29)27-18-23(15-6-7-16-23)20-8-4-3-5-9-20;/h3-5,8-13H,2,6-7,14-18H2,1H3,(H2,24,28,29)(H2,25,26,27);1H. The largest absolute Gasteiger partial charge is 0.357 e. The highest BCUT2D eigenvalue weighted by atomic mass is 127. The van der Waals surface area contributed by atoms with E-state index in [0.29, 0.717) is 6.54 Å². The molecular weight excluding hydrogens is 523 g/mol. The van der Waals surface area contributed by atoms with Gasteiger partial charge in [-0.15, -0.1) is 24.0 Å². The Kier molecular flexibility index (Phi) is 9.77. The maximum absolute atomic E-state index is 11.4. The van der Waals surface area contributed by atoms with E-state index in [4.69, 9.17) is 10.1 Å². The van der Waals surface area contributed by atoms with Crippen LogP contribution in [0.25, 0.3) is 0 Å². The van der Waals surface area contributed by atoms with Gasteiger partial charge in [0, 0.05) is 18.5 Å². The number of benzene rings is 2. The first kappa shape index (κ1) is 25.6. The second-order valence-corrected chi connectivity index (χ2v) is 9.48. The highest BCUT2D eigenvalue weighted by molar-refractivity contribution is 14.0. The lowest BCUT2D eigenvalue weighted by Gasteiger charge is -2.28. The van der Waals surface area contributed by atoms with Gasteiger partial charge in [-0.05, 0) is 49.4 Å². The van der Waals surface area contributed by atoms with Crippen molar-refractivity contribution in [2.45, 2.75) is 49.3 Å². The molecule has 1 aliphatic rings. The Balaban J connectivity index is 0.00000341. The summed E-state index contributed by atoms with van der Waals surface area (Å²) in [7, 11) is -3.65. The van der Waals surface area contributed by atoms with Crippen molar-refractivity contribution in [1.82, 2.24) is 10.6 Å². The van der Waals surface area contributed by atoms with Crippen molar-refractivity contribution >= 4 is 40.0 Å². The zero-order valence-corrected chi connectivity index (χ0v) is 21.2. The fourth-order valence-corrected chi connectivity index (χ4v) is 4.64. The van der Waals surface area contributed by atoms with Gasteiger partial charge in [0.25, 0.3) is 0 Å². The Hall–Kier alpha value is -1.65. The lowest BCUT2D eigenvalue weighted by atomic mass is 9.79. The van der Waals surface area contributed by atoms with E-state index in [1.54, 1.807) is 24.3 Å². The molecule has 0 aromatic heterocycles. The van der Waals surface area contributed by atoms with Crippen molar-refractivity contribution in [2.24, 2.45) is 10.1 Å². The molecule has 2 aromatic rings. The number of hydrogen-bond acceptors (Lipinski definition) is 3. The van der Waals surface area contributed by atoms with Crippen molar-refractivity contribution in [1.29, 1.82) is 0 Å². The van der Waals surface area contributed by atoms with Gasteiger partial charge in [-0.2, -0.15) is 0 Å². The molecule has 8 heteroatoms. The van der Waals surface area contributed by atoms with Crippen LogP contribution in [0.2, 0.25) is 0 Å². The molecule has 0 spiro atoms. The molecule has 0 unspecified atom stereocenters. The monoisotopic (exact) mass is 556 g/mol. The summed E-state index contributed by atoms with van der Waals surface area (Å²) in [6.07, 6.45) is 5.62. The van der Waals surface area contributed by atoms with Crippen LogP contribution in [0.1, 0.15) is 43.7 Å². The molecule has 0 saturated heterocycles. The number of guanidine groups is 1. The molecule has 1 saturated carbocycles. The zero-order valence-electron chi connectivity index (χ0n) is 18.0. The van der Waals surface area contributed by atoms with Gasteiger partial charge in [-0.25, -0.2) is 13.6 Å². The van der Waals surface area contributed by atoms with Crippen molar-refractivity contribution in [2.75, 3.05) is 19.6 Å². The van der Waals surface area contributed by atoms with E-state index in [0.717, 1.165) is 31.0 Å². The van der Waals surface area contributed by atoms with Crippen molar-refractivity contribution in [3.63, 3.8) is 0 Å². The van der Waals surface area contributed by atoms with Gasteiger partial charge in [0.2, 0.25) is 10.0 Å². The molecule has 0 heterocycles. The van der Waals surface area contributed by atoms with Gasteiger partial charge < -0.3 is 10.6 Å². The minimum Gasteiger partial charge on any atom is -0.357 e.